The summed E-state index contributed by atoms with van der Waals surface area (Å²) in [5.74, 6) is 1.01. The minimum atomic E-state index is 0.792. The molecule has 2 heterocycles. The van der Waals surface area contributed by atoms with Crippen LogP contribution in [0.3, 0.4) is 0 Å². The first-order chi connectivity index (χ1) is 10.2. The van der Waals surface area contributed by atoms with Gasteiger partial charge in [-0.2, -0.15) is 0 Å². The maximum Gasteiger partial charge on any atom is 0.150 e. The van der Waals surface area contributed by atoms with Crippen molar-refractivity contribution in [1.82, 2.24) is 9.97 Å². The molecule has 3 aromatic rings. The summed E-state index contributed by atoms with van der Waals surface area (Å²) in [5.41, 5.74) is 10.0. The predicted octanol–water partition coefficient (Wildman–Crippen LogP) is 3.61. The van der Waals surface area contributed by atoms with Gasteiger partial charge in [-0.1, -0.05) is 12.1 Å². The summed E-state index contributed by atoms with van der Waals surface area (Å²) < 4.78 is 1.16. The van der Waals surface area contributed by atoms with Crippen molar-refractivity contribution in [3.05, 3.63) is 47.1 Å². The molecule has 3 rings (SSSR count). The van der Waals surface area contributed by atoms with Crippen LogP contribution in [0, 0.1) is 6.92 Å². The first kappa shape index (κ1) is 13.8. The summed E-state index contributed by atoms with van der Waals surface area (Å²) in [7, 11) is 0. The number of hydrogen-bond acceptors (Lipinski definition) is 5. The Morgan fingerprint density at radius 3 is 2.67 bits per heavy atom. The van der Waals surface area contributed by atoms with Crippen LogP contribution >= 0.6 is 11.3 Å². The monoisotopic (exact) mass is 298 g/mol. The van der Waals surface area contributed by atoms with Gasteiger partial charge in [-0.25, -0.2) is 9.97 Å². The molecule has 0 aliphatic carbocycles. The number of aryl methyl sites for hydroxylation is 1. The fourth-order valence-electron chi connectivity index (χ4n) is 2.36. The van der Waals surface area contributed by atoms with E-state index in [9.17, 15) is 0 Å². The Balaban J connectivity index is 1.96. The van der Waals surface area contributed by atoms with Crippen LogP contribution in [0.15, 0.2) is 36.0 Å². The molecule has 2 N–H and O–H groups in total. The van der Waals surface area contributed by atoms with Gasteiger partial charge in [-0.3, -0.25) is 0 Å². The molecule has 21 heavy (non-hydrogen) atoms. The number of benzene rings is 1. The molecule has 1 aromatic carbocycles. The normalized spacial score (nSPS) is 11.0. The third-order valence-corrected chi connectivity index (χ3v) is 4.63. The van der Waals surface area contributed by atoms with Crippen LogP contribution in [0.2, 0.25) is 0 Å². The summed E-state index contributed by atoms with van der Waals surface area (Å²) in [6, 6.07) is 8.01. The number of thiophene rings is 1. The van der Waals surface area contributed by atoms with Crippen LogP contribution in [-0.2, 0) is 6.54 Å². The fraction of sp³-hybridized carbons (Fsp3) is 0.250. The molecule has 0 aliphatic rings. The second-order valence-corrected chi connectivity index (χ2v) is 5.93. The van der Waals surface area contributed by atoms with Crippen LogP contribution in [0.25, 0.3) is 10.2 Å². The Hall–Kier alpha value is -2.14. The van der Waals surface area contributed by atoms with E-state index in [-0.39, 0.29) is 0 Å². The molecule has 0 spiro atoms. The van der Waals surface area contributed by atoms with Crippen LogP contribution in [0.4, 0.5) is 11.5 Å². The summed E-state index contributed by atoms with van der Waals surface area (Å²) in [4.78, 5) is 11.2. The molecule has 4 nitrogen and oxygen atoms in total. The van der Waals surface area contributed by atoms with Crippen molar-refractivity contribution in [3.63, 3.8) is 0 Å². The standard InChI is InChI=1S/C16H18N4S/c1-3-20(8-12-4-6-13(17)7-5-12)16-15-14(18-10-19-16)11(2)9-21-15/h4-7,9-10H,3,8,17H2,1-2H3. The average molecular weight is 298 g/mol. The molecule has 0 aliphatic heterocycles. The number of nitrogens with two attached hydrogens (primary N) is 1. The Morgan fingerprint density at radius 1 is 1.19 bits per heavy atom. The summed E-state index contributed by atoms with van der Waals surface area (Å²) >= 11 is 1.71. The van der Waals surface area contributed by atoms with E-state index in [4.69, 9.17) is 5.73 Å². The maximum atomic E-state index is 5.75. The quantitative estimate of drug-likeness (QED) is 0.748. The second kappa shape index (κ2) is 5.69. The molecule has 0 saturated heterocycles. The SMILES string of the molecule is CCN(Cc1ccc(N)cc1)c1ncnc2c(C)csc12. The van der Waals surface area contributed by atoms with E-state index >= 15 is 0 Å². The van der Waals surface area contributed by atoms with E-state index in [1.54, 1.807) is 17.7 Å². The van der Waals surface area contributed by atoms with Gasteiger partial charge in [0.25, 0.3) is 0 Å². The number of fused-ring (bicyclic) bond motifs is 1. The second-order valence-electron chi connectivity index (χ2n) is 5.05. The Kier molecular flexibility index (Phi) is 3.75. The number of nitrogens with zero attached hydrogens (tertiary/aromatic N) is 3. The minimum absolute atomic E-state index is 0.792. The lowest BCUT2D eigenvalue weighted by atomic mass is 10.2. The lowest BCUT2D eigenvalue weighted by molar-refractivity contribution is 0.817. The largest absolute Gasteiger partial charge is 0.399 e. The van der Waals surface area contributed by atoms with Crippen molar-refractivity contribution in [2.45, 2.75) is 20.4 Å². The van der Waals surface area contributed by atoms with Crippen LogP contribution < -0.4 is 10.6 Å². The number of aromatic nitrogens is 2. The zero-order valence-corrected chi connectivity index (χ0v) is 13.0. The first-order valence-corrected chi connectivity index (χ1v) is 7.85. The summed E-state index contributed by atoms with van der Waals surface area (Å²) in [6.45, 7) is 5.95. The van der Waals surface area contributed by atoms with Gasteiger partial charge in [0.1, 0.15) is 12.1 Å². The van der Waals surface area contributed by atoms with E-state index in [2.05, 4.69) is 46.2 Å². The molecular formula is C16H18N4S. The zero-order valence-electron chi connectivity index (χ0n) is 12.2. The Morgan fingerprint density at radius 2 is 1.95 bits per heavy atom. The van der Waals surface area contributed by atoms with Gasteiger partial charge >= 0.3 is 0 Å². The van der Waals surface area contributed by atoms with Crippen LogP contribution in [-0.4, -0.2) is 16.5 Å². The molecule has 0 bridgehead atoms. The molecule has 0 saturated carbocycles. The number of nitrogen functional groups attached to an aromatic ring is 1. The fourth-order valence-corrected chi connectivity index (χ4v) is 3.38. The van der Waals surface area contributed by atoms with Crippen molar-refractivity contribution < 1.29 is 0 Å². The van der Waals surface area contributed by atoms with Gasteiger partial charge in [0.2, 0.25) is 0 Å². The highest BCUT2D eigenvalue weighted by Gasteiger charge is 2.14. The van der Waals surface area contributed by atoms with Gasteiger partial charge in [-0.05, 0) is 42.5 Å². The molecule has 0 atom stereocenters. The smallest absolute Gasteiger partial charge is 0.150 e. The third-order valence-electron chi connectivity index (χ3n) is 3.55. The molecule has 0 amide bonds. The molecule has 0 unspecified atom stereocenters. The van der Waals surface area contributed by atoms with Gasteiger partial charge in [0, 0.05) is 18.8 Å². The Bertz CT molecular complexity index is 749. The van der Waals surface area contributed by atoms with Crippen LogP contribution in [0.1, 0.15) is 18.1 Å². The van der Waals surface area contributed by atoms with Crippen molar-refractivity contribution >= 4 is 33.1 Å². The molecule has 5 heteroatoms. The zero-order chi connectivity index (χ0) is 14.8. The summed E-state index contributed by atoms with van der Waals surface area (Å²) in [5, 5.41) is 2.14. The topological polar surface area (TPSA) is 55.0 Å². The molecule has 0 fully saturated rings. The van der Waals surface area contributed by atoms with Crippen LogP contribution in [0.5, 0.6) is 0 Å². The molecule has 108 valence electrons. The number of rotatable bonds is 4. The molecule has 2 aromatic heterocycles. The highest BCUT2D eigenvalue weighted by atomic mass is 32.1. The van der Waals surface area contributed by atoms with Crippen molar-refractivity contribution in [3.8, 4) is 0 Å². The van der Waals surface area contributed by atoms with E-state index in [1.807, 2.05) is 12.1 Å². The van der Waals surface area contributed by atoms with Gasteiger partial charge < -0.3 is 10.6 Å². The molecule has 0 radical (unpaired) electrons. The van der Waals surface area contributed by atoms with Gasteiger partial charge in [0.15, 0.2) is 0 Å². The highest BCUT2D eigenvalue weighted by Crippen LogP contribution is 2.31. The first-order valence-electron chi connectivity index (χ1n) is 6.97. The lowest BCUT2D eigenvalue weighted by Crippen LogP contribution is -2.23. The summed E-state index contributed by atoms with van der Waals surface area (Å²) in [6.07, 6.45) is 1.66. The van der Waals surface area contributed by atoms with Gasteiger partial charge in [0.05, 0.1) is 10.2 Å². The Labute approximate surface area is 128 Å². The minimum Gasteiger partial charge on any atom is -0.399 e. The van der Waals surface area contributed by atoms with E-state index in [0.717, 1.165) is 34.8 Å². The molecular weight excluding hydrogens is 280 g/mol. The average Bonchev–Trinajstić information content (AvgIpc) is 2.89. The third kappa shape index (κ3) is 2.69. The number of hydrogen-bond donors (Lipinski definition) is 1. The maximum absolute atomic E-state index is 5.75. The van der Waals surface area contributed by atoms with E-state index in [1.165, 1.54) is 11.1 Å². The van der Waals surface area contributed by atoms with Crippen molar-refractivity contribution in [1.29, 1.82) is 0 Å². The van der Waals surface area contributed by atoms with E-state index < -0.39 is 0 Å². The predicted molar refractivity (Wildman–Crippen MR) is 89.7 cm³/mol. The lowest BCUT2D eigenvalue weighted by Gasteiger charge is -2.22. The van der Waals surface area contributed by atoms with Crippen molar-refractivity contribution in [2.75, 3.05) is 17.2 Å². The van der Waals surface area contributed by atoms with Crippen molar-refractivity contribution in [2.24, 2.45) is 0 Å². The highest BCUT2D eigenvalue weighted by molar-refractivity contribution is 7.18. The van der Waals surface area contributed by atoms with E-state index in [0.29, 0.717) is 0 Å². The number of anilines is 2. The van der Waals surface area contributed by atoms with Gasteiger partial charge in [-0.15, -0.1) is 11.3 Å².